The third-order valence-corrected chi connectivity index (χ3v) is 4.23. The number of hydrogen-bond acceptors (Lipinski definition) is 4. The molecule has 4 heteroatoms. The van der Waals surface area contributed by atoms with Gasteiger partial charge in [-0.2, -0.15) is 0 Å². The third-order valence-electron chi connectivity index (χ3n) is 4.23. The SMILES string of the molecule is C=C(CCc1ccccc1-c1ccc(O)cc1)OC(=O)COc1ccccc1. The highest BCUT2D eigenvalue weighted by atomic mass is 16.6. The summed E-state index contributed by atoms with van der Waals surface area (Å²) in [5, 5.41) is 9.48. The van der Waals surface area contributed by atoms with Gasteiger partial charge in [-0.3, -0.25) is 0 Å². The van der Waals surface area contributed by atoms with E-state index in [-0.39, 0.29) is 12.4 Å². The molecule has 0 amide bonds. The maximum atomic E-state index is 11.9. The molecule has 0 aliphatic heterocycles. The number of para-hydroxylation sites is 1. The van der Waals surface area contributed by atoms with E-state index in [0.29, 0.717) is 24.4 Å². The summed E-state index contributed by atoms with van der Waals surface area (Å²) in [5.74, 6) is 0.787. The van der Waals surface area contributed by atoms with Gasteiger partial charge in [-0.1, -0.05) is 61.2 Å². The van der Waals surface area contributed by atoms with Crippen LogP contribution < -0.4 is 4.74 Å². The van der Waals surface area contributed by atoms with Gasteiger partial charge in [0.25, 0.3) is 0 Å². The van der Waals surface area contributed by atoms with Crippen LogP contribution in [0.1, 0.15) is 12.0 Å². The molecular weight excluding hydrogens is 352 g/mol. The molecule has 1 N–H and O–H groups in total. The first-order valence-corrected chi connectivity index (χ1v) is 9.05. The van der Waals surface area contributed by atoms with Gasteiger partial charge in [0.1, 0.15) is 17.3 Å². The van der Waals surface area contributed by atoms with Crippen LogP contribution >= 0.6 is 0 Å². The van der Waals surface area contributed by atoms with Crippen molar-refractivity contribution < 1.29 is 19.4 Å². The number of esters is 1. The molecule has 28 heavy (non-hydrogen) atoms. The summed E-state index contributed by atoms with van der Waals surface area (Å²) in [6, 6.07) is 24.2. The summed E-state index contributed by atoms with van der Waals surface area (Å²) < 4.78 is 10.6. The van der Waals surface area contributed by atoms with Crippen molar-refractivity contribution in [3.63, 3.8) is 0 Å². The largest absolute Gasteiger partial charge is 0.508 e. The number of carbonyl (C=O) groups excluding carboxylic acids is 1. The molecule has 142 valence electrons. The van der Waals surface area contributed by atoms with Gasteiger partial charge >= 0.3 is 5.97 Å². The van der Waals surface area contributed by atoms with E-state index < -0.39 is 5.97 Å². The minimum absolute atomic E-state index is 0.160. The first kappa shape index (κ1) is 19.2. The van der Waals surface area contributed by atoms with Crippen molar-refractivity contribution in [3.05, 3.63) is 96.8 Å². The molecule has 0 aliphatic rings. The monoisotopic (exact) mass is 374 g/mol. The third kappa shape index (κ3) is 5.48. The van der Waals surface area contributed by atoms with Crippen LogP contribution in [0, 0.1) is 0 Å². The van der Waals surface area contributed by atoms with Crippen LogP contribution in [0.4, 0.5) is 0 Å². The van der Waals surface area contributed by atoms with Gasteiger partial charge in [0, 0.05) is 6.42 Å². The van der Waals surface area contributed by atoms with Crippen LogP contribution in [-0.2, 0) is 16.0 Å². The highest BCUT2D eigenvalue weighted by Gasteiger charge is 2.10. The molecule has 0 atom stereocenters. The maximum Gasteiger partial charge on any atom is 0.349 e. The summed E-state index contributed by atoms with van der Waals surface area (Å²) >= 11 is 0. The van der Waals surface area contributed by atoms with Gasteiger partial charge in [0.15, 0.2) is 6.61 Å². The van der Waals surface area contributed by atoms with Crippen molar-refractivity contribution in [2.24, 2.45) is 0 Å². The van der Waals surface area contributed by atoms with Crippen LogP contribution in [0.5, 0.6) is 11.5 Å². The Morgan fingerprint density at radius 3 is 2.32 bits per heavy atom. The lowest BCUT2D eigenvalue weighted by molar-refractivity contribution is -0.141. The minimum Gasteiger partial charge on any atom is -0.508 e. The fraction of sp³-hybridized carbons (Fsp3) is 0.125. The summed E-state index contributed by atoms with van der Waals surface area (Å²) in [5.41, 5.74) is 3.22. The lowest BCUT2D eigenvalue weighted by Crippen LogP contribution is -2.14. The molecule has 3 aromatic carbocycles. The molecule has 0 aromatic heterocycles. The zero-order chi connectivity index (χ0) is 19.8. The average Bonchev–Trinajstić information content (AvgIpc) is 2.72. The van der Waals surface area contributed by atoms with E-state index >= 15 is 0 Å². The minimum atomic E-state index is -0.472. The van der Waals surface area contributed by atoms with Crippen LogP contribution in [0.25, 0.3) is 11.1 Å². The fourth-order valence-electron chi connectivity index (χ4n) is 2.84. The van der Waals surface area contributed by atoms with Crippen molar-refractivity contribution >= 4 is 5.97 Å². The zero-order valence-corrected chi connectivity index (χ0v) is 15.5. The Morgan fingerprint density at radius 2 is 1.57 bits per heavy atom. The van der Waals surface area contributed by atoms with E-state index in [1.807, 2.05) is 54.6 Å². The van der Waals surface area contributed by atoms with Gasteiger partial charge in [-0.05, 0) is 47.4 Å². The highest BCUT2D eigenvalue weighted by Crippen LogP contribution is 2.27. The van der Waals surface area contributed by atoms with E-state index in [9.17, 15) is 9.90 Å². The second kappa shape index (κ2) is 9.42. The molecule has 0 bridgehead atoms. The number of ether oxygens (including phenoxy) is 2. The van der Waals surface area contributed by atoms with Gasteiger partial charge in [-0.15, -0.1) is 0 Å². The number of aryl methyl sites for hydroxylation is 1. The van der Waals surface area contributed by atoms with Crippen molar-refractivity contribution in [1.29, 1.82) is 0 Å². The van der Waals surface area contributed by atoms with E-state index in [1.54, 1.807) is 24.3 Å². The normalized spacial score (nSPS) is 10.3. The molecule has 0 radical (unpaired) electrons. The van der Waals surface area contributed by atoms with Crippen LogP contribution in [0.15, 0.2) is 91.2 Å². The van der Waals surface area contributed by atoms with E-state index in [2.05, 4.69) is 6.58 Å². The quantitative estimate of drug-likeness (QED) is 0.439. The van der Waals surface area contributed by atoms with Gasteiger partial charge in [0.05, 0.1) is 0 Å². The number of carbonyl (C=O) groups is 1. The predicted octanol–water partition coefficient (Wildman–Crippen LogP) is 5.13. The van der Waals surface area contributed by atoms with Crippen LogP contribution in [0.3, 0.4) is 0 Å². The zero-order valence-electron chi connectivity index (χ0n) is 15.5. The molecule has 0 heterocycles. The Hall–Kier alpha value is -3.53. The molecule has 0 saturated carbocycles. The van der Waals surface area contributed by atoms with Gasteiger partial charge < -0.3 is 14.6 Å². The van der Waals surface area contributed by atoms with E-state index in [4.69, 9.17) is 9.47 Å². The topological polar surface area (TPSA) is 55.8 Å². The van der Waals surface area contributed by atoms with Crippen molar-refractivity contribution in [2.45, 2.75) is 12.8 Å². The van der Waals surface area contributed by atoms with Crippen molar-refractivity contribution in [2.75, 3.05) is 6.61 Å². The molecular formula is C24H22O4. The fourth-order valence-corrected chi connectivity index (χ4v) is 2.84. The smallest absolute Gasteiger partial charge is 0.349 e. The number of phenolic OH excluding ortho intramolecular Hbond substituents is 1. The standard InChI is InChI=1S/C24H22O4/c1-18(28-24(26)17-27-22-8-3-2-4-9-22)11-12-19-7-5-6-10-23(19)20-13-15-21(25)16-14-20/h2-10,13-16,25H,1,11-12,17H2. The number of allylic oxidation sites excluding steroid dienone is 1. The summed E-state index contributed by atoms with van der Waals surface area (Å²) in [4.78, 5) is 11.9. The van der Waals surface area contributed by atoms with E-state index in [1.165, 1.54) is 0 Å². The Balaban J connectivity index is 1.53. The highest BCUT2D eigenvalue weighted by molar-refractivity contribution is 5.72. The lowest BCUT2D eigenvalue weighted by Gasteiger charge is -2.12. The number of phenols is 1. The Bertz CT molecular complexity index is 930. The van der Waals surface area contributed by atoms with E-state index in [0.717, 1.165) is 16.7 Å². The number of hydrogen-bond donors (Lipinski definition) is 1. The Morgan fingerprint density at radius 1 is 0.893 bits per heavy atom. The summed E-state index contributed by atoms with van der Waals surface area (Å²) in [6.45, 7) is 3.69. The first-order chi connectivity index (χ1) is 13.6. The van der Waals surface area contributed by atoms with Crippen LogP contribution in [-0.4, -0.2) is 17.7 Å². The second-order valence-electron chi connectivity index (χ2n) is 6.32. The maximum absolute atomic E-state index is 11.9. The molecule has 3 aromatic rings. The molecule has 3 rings (SSSR count). The lowest BCUT2D eigenvalue weighted by atomic mass is 9.96. The molecule has 0 saturated heterocycles. The molecule has 0 unspecified atom stereocenters. The predicted molar refractivity (Wildman–Crippen MR) is 109 cm³/mol. The summed E-state index contributed by atoms with van der Waals surface area (Å²) in [7, 11) is 0. The van der Waals surface area contributed by atoms with Crippen molar-refractivity contribution in [3.8, 4) is 22.6 Å². The Labute approximate surface area is 164 Å². The van der Waals surface area contributed by atoms with Gasteiger partial charge in [0.2, 0.25) is 0 Å². The number of benzene rings is 3. The molecule has 0 fully saturated rings. The molecule has 0 aliphatic carbocycles. The van der Waals surface area contributed by atoms with Crippen LogP contribution in [0.2, 0.25) is 0 Å². The molecule has 0 spiro atoms. The first-order valence-electron chi connectivity index (χ1n) is 9.05. The Kier molecular flexibility index (Phi) is 6.47. The number of rotatable bonds is 8. The summed E-state index contributed by atoms with van der Waals surface area (Å²) in [6.07, 6.45) is 1.20. The van der Waals surface area contributed by atoms with Crippen molar-refractivity contribution in [1.82, 2.24) is 0 Å². The molecule has 4 nitrogen and oxygen atoms in total. The number of aromatic hydroxyl groups is 1. The average molecular weight is 374 g/mol. The second-order valence-corrected chi connectivity index (χ2v) is 6.32. The van der Waals surface area contributed by atoms with Gasteiger partial charge in [-0.25, -0.2) is 4.79 Å².